The van der Waals surface area contributed by atoms with E-state index < -0.39 is 0 Å². The largest absolute Gasteiger partial charge is 0.322 e. The van der Waals surface area contributed by atoms with Gasteiger partial charge in [0.1, 0.15) is 0 Å². The average Bonchev–Trinajstić information content (AvgIpc) is 2.22. The molecule has 84 valence electrons. The summed E-state index contributed by atoms with van der Waals surface area (Å²) in [6.07, 6.45) is 4.36. The van der Waals surface area contributed by atoms with Gasteiger partial charge >= 0.3 is 0 Å². The quantitative estimate of drug-likeness (QED) is 0.565. The Morgan fingerprint density at radius 3 is 1.53 bits per heavy atom. The highest BCUT2D eigenvalue weighted by Crippen LogP contribution is 2.18. The molecule has 0 spiro atoms. The summed E-state index contributed by atoms with van der Waals surface area (Å²) >= 11 is 0. The summed E-state index contributed by atoms with van der Waals surface area (Å²) in [6.45, 7) is 12.0. The summed E-state index contributed by atoms with van der Waals surface area (Å²) in [5.74, 6) is 0. The van der Waals surface area contributed by atoms with E-state index in [2.05, 4.69) is 13.2 Å². The Morgan fingerprint density at radius 2 is 1.33 bits per heavy atom. The second kappa shape index (κ2) is 6.01. The van der Waals surface area contributed by atoms with Crippen LogP contribution < -0.4 is 0 Å². The van der Waals surface area contributed by atoms with E-state index in [0.717, 1.165) is 0 Å². The number of amides is 2. The molecule has 0 heterocycles. The predicted molar refractivity (Wildman–Crippen MR) is 59.7 cm³/mol. The number of carbonyl (C=O) groups excluding carboxylic acids is 2. The van der Waals surface area contributed by atoms with Crippen molar-refractivity contribution < 1.29 is 9.59 Å². The maximum absolute atomic E-state index is 10.6. The number of hydrogen-bond donors (Lipinski definition) is 0. The van der Waals surface area contributed by atoms with E-state index in [0.29, 0.717) is 25.9 Å². The molecule has 0 radical (unpaired) electrons. The standard InChI is InChI=1S/C11H18N2O2/c1-5-12(9-14)7-11(3,4)8-13(6-2)10-15/h5-6,9-10H,1-2,7-8H2,3-4H3. The highest BCUT2D eigenvalue weighted by atomic mass is 16.1. The Morgan fingerprint density at radius 1 is 1.00 bits per heavy atom. The van der Waals surface area contributed by atoms with E-state index in [9.17, 15) is 9.59 Å². The van der Waals surface area contributed by atoms with E-state index in [-0.39, 0.29) is 5.41 Å². The Labute approximate surface area is 90.9 Å². The van der Waals surface area contributed by atoms with Gasteiger partial charge in [0.05, 0.1) is 0 Å². The van der Waals surface area contributed by atoms with Crippen LogP contribution in [0, 0.1) is 5.41 Å². The first-order valence-corrected chi connectivity index (χ1v) is 4.66. The van der Waals surface area contributed by atoms with Gasteiger partial charge in [-0.1, -0.05) is 27.0 Å². The molecular formula is C11H18N2O2. The van der Waals surface area contributed by atoms with Crippen LogP contribution in [-0.2, 0) is 9.59 Å². The Balaban J connectivity index is 4.38. The lowest BCUT2D eigenvalue weighted by atomic mass is 9.92. The zero-order valence-electron chi connectivity index (χ0n) is 9.35. The fraction of sp³-hybridized carbons (Fsp3) is 0.455. The minimum absolute atomic E-state index is 0.204. The predicted octanol–water partition coefficient (Wildman–Crippen LogP) is 1.22. The van der Waals surface area contributed by atoms with Gasteiger partial charge in [0.15, 0.2) is 0 Å². The summed E-state index contributed by atoms with van der Waals surface area (Å²) < 4.78 is 0. The molecule has 0 rings (SSSR count). The summed E-state index contributed by atoms with van der Waals surface area (Å²) in [6, 6.07) is 0. The van der Waals surface area contributed by atoms with Crippen LogP contribution in [0.5, 0.6) is 0 Å². The molecule has 4 nitrogen and oxygen atoms in total. The van der Waals surface area contributed by atoms with Gasteiger partial charge < -0.3 is 9.80 Å². The van der Waals surface area contributed by atoms with Crippen LogP contribution in [0.15, 0.2) is 25.6 Å². The van der Waals surface area contributed by atoms with Crippen LogP contribution in [0.4, 0.5) is 0 Å². The normalized spacial score (nSPS) is 10.3. The molecule has 0 aromatic rings. The number of hydrogen-bond acceptors (Lipinski definition) is 2. The summed E-state index contributed by atoms with van der Waals surface area (Å²) in [4.78, 5) is 24.1. The summed E-state index contributed by atoms with van der Waals surface area (Å²) in [5.41, 5.74) is -0.204. The maximum atomic E-state index is 10.6. The van der Waals surface area contributed by atoms with E-state index >= 15 is 0 Å². The molecule has 0 aromatic heterocycles. The topological polar surface area (TPSA) is 40.6 Å². The van der Waals surface area contributed by atoms with Crippen LogP contribution >= 0.6 is 0 Å². The van der Waals surface area contributed by atoms with Gasteiger partial charge in [0.2, 0.25) is 12.8 Å². The van der Waals surface area contributed by atoms with Gasteiger partial charge in [-0.3, -0.25) is 9.59 Å². The molecule has 15 heavy (non-hydrogen) atoms. The van der Waals surface area contributed by atoms with Crippen molar-refractivity contribution in [3.8, 4) is 0 Å². The van der Waals surface area contributed by atoms with Crippen molar-refractivity contribution in [2.24, 2.45) is 5.41 Å². The zero-order valence-corrected chi connectivity index (χ0v) is 9.35. The van der Waals surface area contributed by atoms with Crippen molar-refractivity contribution >= 4 is 12.8 Å². The van der Waals surface area contributed by atoms with E-state index in [1.54, 1.807) is 0 Å². The second-order valence-electron chi connectivity index (χ2n) is 4.08. The van der Waals surface area contributed by atoms with Crippen molar-refractivity contribution in [3.05, 3.63) is 25.6 Å². The molecule has 0 atom stereocenters. The third-order valence-corrected chi connectivity index (χ3v) is 1.96. The van der Waals surface area contributed by atoms with Crippen molar-refractivity contribution in [2.45, 2.75) is 13.8 Å². The minimum Gasteiger partial charge on any atom is -0.322 e. The fourth-order valence-corrected chi connectivity index (χ4v) is 1.33. The first-order valence-electron chi connectivity index (χ1n) is 4.66. The van der Waals surface area contributed by atoms with Gasteiger partial charge in [-0.05, 0) is 12.4 Å². The van der Waals surface area contributed by atoms with E-state index in [4.69, 9.17) is 0 Å². The van der Waals surface area contributed by atoms with Gasteiger partial charge in [0.25, 0.3) is 0 Å². The van der Waals surface area contributed by atoms with Crippen LogP contribution in [-0.4, -0.2) is 35.7 Å². The van der Waals surface area contributed by atoms with Crippen LogP contribution in [0.1, 0.15) is 13.8 Å². The number of nitrogens with zero attached hydrogens (tertiary/aromatic N) is 2. The van der Waals surface area contributed by atoms with Gasteiger partial charge in [0, 0.05) is 18.5 Å². The maximum Gasteiger partial charge on any atom is 0.213 e. The first-order chi connectivity index (χ1) is 6.99. The fourth-order valence-electron chi connectivity index (χ4n) is 1.33. The van der Waals surface area contributed by atoms with Gasteiger partial charge in [-0.2, -0.15) is 0 Å². The van der Waals surface area contributed by atoms with Crippen molar-refractivity contribution in [2.75, 3.05) is 13.1 Å². The molecule has 0 aliphatic heterocycles. The second-order valence-corrected chi connectivity index (χ2v) is 4.08. The molecule has 0 saturated heterocycles. The highest BCUT2D eigenvalue weighted by Gasteiger charge is 2.22. The summed E-state index contributed by atoms with van der Waals surface area (Å²) in [5, 5.41) is 0. The average molecular weight is 210 g/mol. The van der Waals surface area contributed by atoms with E-state index in [1.807, 2.05) is 13.8 Å². The number of rotatable bonds is 8. The lowest BCUT2D eigenvalue weighted by Gasteiger charge is -2.31. The lowest BCUT2D eigenvalue weighted by Crippen LogP contribution is -2.38. The Bertz CT molecular complexity index is 209. The molecule has 2 amide bonds. The lowest BCUT2D eigenvalue weighted by molar-refractivity contribution is -0.118. The monoisotopic (exact) mass is 210 g/mol. The Hall–Kier alpha value is -1.58. The van der Waals surface area contributed by atoms with Gasteiger partial charge in [-0.15, -0.1) is 0 Å². The SMILES string of the molecule is C=CN(C=O)CC(C)(C)CN(C=C)C=O. The first kappa shape index (κ1) is 13.4. The third-order valence-electron chi connectivity index (χ3n) is 1.96. The molecule has 0 bridgehead atoms. The molecular weight excluding hydrogens is 192 g/mol. The Kier molecular flexibility index (Phi) is 5.37. The third kappa shape index (κ3) is 5.00. The molecule has 0 aliphatic carbocycles. The summed E-state index contributed by atoms with van der Waals surface area (Å²) in [7, 11) is 0. The molecule has 0 saturated carbocycles. The molecule has 0 N–H and O–H groups in total. The van der Waals surface area contributed by atoms with Crippen molar-refractivity contribution in [3.63, 3.8) is 0 Å². The van der Waals surface area contributed by atoms with E-state index in [1.165, 1.54) is 22.2 Å². The molecule has 0 fully saturated rings. The van der Waals surface area contributed by atoms with Crippen LogP contribution in [0.25, 0.3) is 0 Å². The molecule has 0 aromatic carbocycles. The zero-order chi connectivity index (χ0) is 11.9. The molecule has 0 unspecified atom stereocenters. The van der Waals surface area contributed by atoms with Crippen LogP contribution in [0.3, 0.4) is 0 Å². The van der Waals surface area contributed by atoms with Crippen molar-refractivity contribution in [1.29, 1.82) is 0 Å². The molecule has 0 aliphatic rings. The van der Waals surface area contributed by atoms with Crippen LogP contribution in [0.2, 0.25) is 0 Å². The molecule has 4 heteroatoms. The van der Waals surface area contributed by atoms with Crippen molar-refractivity contribution in [1.82, 2.24) is 9.80 Å². The minimum atomic E-state index is -0.204. The highest BCUT2D eigenvalue weighted by molar-refractivity contribution is 5.50. The number of carbonyl (C=O) groups is 2. The smallest absolute Gasteiger partial charge is 0.213 e. The van der Waals surface area contributed by atoms with Gasteiger partial charge in [-0.25, -0.2) is 0 Å².